The number of nitrogens with zero attached hydrogens (tertiary/aromatic N) is 1. The largest absolute Gasteiger partial charge is 0.481 e. The van der Waals surface area contributed by atoms with Gasteiger partial charge in [0.05, 0.1) is 11.3 Å². The Morgan fingerprint density at radius 1 is 1.03 bits per heavy atom. The monoisotopic (exact) mass is 450 g/mol. The number of carboxylic acids is 1. The smallest absolute Gasteiger partial charge is 0.407 e. The molecule has 2 aliphatic rings. The minimum atomic E-state index is -0.839. The molecule has 33 heavy (non-hydrogen) atoms. The molecule has 2 N–H and O–H groups in total. The first-order valence-corrected chi connectivity index (χ1v) is 11.3. The van der Waals surface area contributed by atoms with Gasteiger partial charge >= 0.3 is 12.1 Å². The van der Waals surface area contributed by atoms with Crippen LogP contribution in [-0.4, -0.2) is 54.2 Å². The summed E-state index contributed by atoms with van der Waals surface area (Å²) < 4.78 is 5.56. The number of ether oxygens (including phenoxy) is 1. The van der Waals surface area contributed by atoms with Crippen LogP contribution in [0.1, 0.15) is 43.7 Å². The second-order valence-electron chi connectivity index (χ2n) is 9.64. The molecule has 0 unspecified atom stereocenters. The van der Waals surface area contributed by atoms with E-state index in [4.69, 9.17) is 9.84 Å². The van der Waals surface area contributed by atoms with Crippen LogP contribution in [0, 0.1) is 11.3 Å². The van der Waals surface area contributed by atoms with Crippen LogP contribution in [0.2, 0.25) is 0 Å². The molecule has 7 heteroatoms. The number of hydrogen-bond acceptors (Lipinski definition) is 4. The van der Waals surface area contributed by atoms with E-state index in [-0.39, 0.29) is 36.9 Å². The van der Waals surface area contributed by atoms with Gasteiger partial charge in [0, 0.05) is 25.6 Å². The average molecular weight is 451 g/mol. The first kappa shape index (κ1) is 22.8. The molecular formula is C26H30N2O5. The summed E-state index contributed by atoms with van der Waals surface area (Å²) in [5.41, 5.74) is 3.78. The van der Waals surface area contributed by atoms with Gasteiger partial charge in [-0.25, -0.2) is 4.79 Å². The van der Waals surface area contributed by atoms with E-state index in [1.54, 1.807) is 25.8 Å². The maximum Gasteiger partial charge on any atom is 0.407 e. The zero-order valence-corrected chi connectivity index (χ0v) is 19.2. The number of carbonyl (C=O) groups is 3. The molecule has 0 atom stereocenters. The number of fused-ring (bicyclic) bond motifs is 3. The van der Waals surface area contributed by atoms with Crippen molar-refractivity contribution in [3.8, 4) is 11.1 Å². The van der Waals surface area contributed by atoms with Gasteiger partial charge in [-0.1, -0.05) is 48.5 Å². The third kappa shape index (κ3) is 4.45. The van der Waals surface area contributed by atoms with Gasteiger partial charge in [-0.2, -0.15) is 0 Å². The van der Waals surface area contributed by atoms with E-state index in [1.807, 2.05) is 24.3 Å². The lowest BCUT2D eigenvalue weighted by atomic mass is 9.78. The second-order valence-corrected chi connectivity index (χ2v) is 9.64. The van der Waals surface area contributed by atoms with Gasteiger partial charge in [0.1, 0.15) is 6.61 Å². The van der Waals surface area contributed by atoms with Crippen molar-refractivity contribution in [3.05, 3.63) is 59.7 Å². The van der Waals surface area contributed by atoms with Crippen molar-refractivity contribution in [2.24, 2.45) is 11.3 Å². The molecule has 4 rings (SSSR count). The van der Waals surface area contributed by atoms with Gasteiger partial charge in [-0.15, -0.1) is 0 Å². The Kier molecular flexibility index (Phi) is 6.15. The van der Waals surface area contributed by atoms with E-state index in [1.165, 1.54) is 0 Å². The van der Waals surface area contributed by atoms with E-state index < -0.39 is 17.5 Å². The van der Waals surface area contributed by atoms with Crippen LogP contribution in [-0.2, 0) is 14.3 Å². The number of nitrogens with one attached hydrogen (secondary N) is 1. The number of hydrogen-bond donors (Lipinski definition) is 2. The van der Waals surface area contributed by atoms with Crippen LogP contribution in [0.15, 0.2) is 48.5 Å². The van der Waals surface area contributed by atoms with Gasteiger partial charge in [0.15, 0.2) is 0 Å². The minimum absolute atomic E-state index is 0.0234. The van der Waals surface area contributed by atoms with Crippen molar-refractivity contribution in [3.63, 3.8) is 0 Å². The average Bonchev–Trinajstić information content (AvgIpc) is 3.08. The fraction of sp³-hybridized carbons (Fsp3) is 0.423. The first-order chi connectivity index (χ1) is 15.7. The Morgan fingerprint density at radius 2 is 1.58 bits per heavy atom. The highest BCUT2D eigenvalue weighted by molar-refractivity contribution is 5.83. The zero-order valence-electron chi connectivity index (χ0n) is 19.2. The third-order valence-corrected chi connectivity index (χ3v) is 6.93. The molecule has 174 valence electrons. The summed E-state index contributed by atoms with van der Waals surface area (Å²) in [5.74, 6) is -1.35. The minimum Gasteiger partial charge on any atom is -0.481 e. The van der Waals surface area contributed by atoms with Crippen LogP contribution in [0.4, 0.5) is 4.79 Å². The van der Waals surface area contributed by atoms with Gasteiger partial charge in [-0.05, 0) is 48.9 Å². The van der Waals surface area contributed by atoms with Gasteiger partial charge in [0.25, 0.3) is 0 Å². The normalized spacial score (nSPS) is 19.1. The molecule has 7 nitrogen and oxygen atoms in total. The molecule has 2 aromatic carbocycles. The highest BCUT2D eigenvalue weighted by atomic mass is 16.5. The predicted molar refractivity (Wildman–Crippen MR) is 124 cm³/mol. The van der Waals surface area contributed by atoms with E-state index in [0.717, 1.165) is 22.3 Å². The molecule has 1 saturated carbocycles. The lowest BCUT2D eigenvalue weighted by Gasteiger charge is -2.42. The van der Waals surface area contributed by atoms with Crippen molar-refractivity contribution in [1.29, 1.82) is 0 Å². The summed E-state index contributed by atoms with van der Waals surface area (Å²) in [4.78, 5) is 38.0. The summed E-state index contributed by atoms with van der Waals surface area (Å²) >= 11 is 0. The van der Waals surface area contributed by atoms with Crippen LogP contribution < -0.4 is 5.32 Å². The predicted octanol–water partition coefficient (Wildman–Crippen LogP) is 3.87. The second kappa shape index (κ2) is 8.89. The number of benzene rings is 2. The summed E-state index contributed by atoms with van der Waals surface area (Å²) in [6.45, 7) is 3.88. The van der Waals surface area contributed by atoms with Gasteiger partial charge in [0.2, 0.25) is 5.91 Å². The van der Waals surface area contributed by atoms with Crippen molar-refractivity contribution in [2.75, 3.05) is 20.2 Å². The molecular weight excluding hydrogens is 420 g/mol. The number of amides is 2. The third-order valence-electron chi connectivity index (χ3n) is 6.93. The van der Waals surface area contributed by atoms with Crippen molar-refractivity contribution in [1.82, 2.24) is 10.2 Å². The number of carbonyl (C=O) groups excluding carboxylic acids is 2. The Bertz CT molecular complexity index is 1030. The standard InChI is InChI=1S/C26H30N2O5/c1-26(2,24(31)28(3)17-12-16(13-17)23(29)30)15-27-25(32)33-14-22-20-10-6-4-8-18(20)19-9-5-7-11-21(19)22/h4-11,16-17,22H,12-15H2,1-3H3,(H,27,32)(H,29,30). The van der Waals surface area contributed by atoms with Crippen molar-refractivity contribution >= 4 is 18.0 Å². The fourth-order valence-corrected chi connectivity index (χ4v) is 4.77. The molecule has 0 radical (unpaired) electrons. The Labute approximate surface area is 193 Å². The van der Waals surface area contributed by atoms with E-state index in [0.29, 0.717) is 12.8 Å². The summed E-state index contributed by atoms with van der Waals surface area (Å²) in [5, 5.41) is 11.8. The maximum atomic E-state index is 12.9. The first-order valence-electron chi connectivity index (χ1n) is 11.3. The Balaban J connectivity index is 1.31. The summed E-state index contributed by atoms with van der Waals surface area (Å²) in [7, 11) is 1.69. The summed E-state index contributed by atoms with van der Waals surface area (Å²) in [6.07, 6.45) is 0.371. The Hall–Kier alpha value is -3.35. The number of rotatable bonds is 7. The summed E-state index contributed by atoms with van der Waals surface area (Å²) in [6, 6.07) is 16.2. The SMILES string of the molecule is CN(C(=O)C(C)(C)CNC(=O)OCC1c2ccccc2-c2ccccc21)C1CC(C(=O)O)C1. The molecule has 0 bridgehead atoms. The molecule has 0 heterocycles. The van der Waals surface area contributed by atoms with Crippen LogP contribution in [0.25, 0.3) is 11.1 Å². The topological polar surface area (TPSA) is 95.9 Å². The van der Waals surface area contributed by atoms with Gasteiger partial charge < -0.3 is 20.1 Å². The molecule has 0 aromatic heterocycles. The molecule has 0 spiro atoms. The zero-order chi connectivity index (χ0) is 23.8. The fourth-order valence-electron chi connectivity index (χ4n) is 4.77. The molecule has 2 aliphatic carbocycles. The Morgan fingerprint density at radius 3 is 2.12 bits per heavy atom. The van der Waals surface area contributed by atoms with Crippen LogP contribution in [0.5, 0.6) is 0 Å². The molecule has 2 amide bonds. The highest BCUT2D eigenvalue weighted by Gasteiger charge is 2.42. The van der Waals surface area contributed by atoms with Crippen LogP contribution in [0.3, 0.4) is 0 Å². The van der Waals surface area contributed by atoms with E-state index in [9.17, 15) is 14.4 Å². The number of alkyl carbamates (subject to hydrolysis) is 1. The quantitative estimate of drug-likeness (QED) is 0.668. The van der Waals surface area contributed by atoms with Crippen molar-refractivity contribution < 1.29 is 24.2 Å². The van der Waals surface area contributed by atoms with Gasteiger partial charge in [-0.3, -0.25) is 9.59 Å². The molecule has 0 aliphatic heterocycles. The number of aliphatic carboxylic acids is 1. The number of carboxylic acid groups (broad SMARTS) is 1. The van der Waals surface area contributed by atoms with Crippen molar-refractivity contribution in [2.45, 2.75) is 38.6 Å². The lowest BCUT2D eigenvalue weighted by Crippen LogP contribution is -2.53. The molecule has 1 fully saturated rings. The van der Waals surface area contributed by atoms with E-state index >= 15 is 0 Å². The van der Waals surface area contributed by atoms with E-state index in [2.05, 4.69) is 29.6 Å². The van der Waals surface area contributed by atoms with Crippen LogP contribution >= 0.6 is 0 Å². The molecule has 0 saturated heterocycles. The lowest BCUT2D eigenvalue weighted by molar-refractivity contribution is -0.152. The maximum absolute atomic E-state index is 12.9. The molecule has 2 aromatic rings. The highest BCUT2D eigenvalue weighted by Crippen LogP contribution is 2.44.